The third-order valence-electron chi connectivity index (χ3n) is 5.61. The Bertz CT molecular complexity index is 1470. The molecule has 36 heavy (non-hydrogen) atoms. The van der Waals surface area contributed by atoms with Crippen molar-refractivity contribution in [1.29, 1.82) is 0 Å². The minimum atomic E-state index is -0.632. The van der Waals surface area contributed by atoms with Crippen molar-refractivity contribution >= 4 is 34.2 Å². The number of amides is 1. The van der Waals surface area contributed by atoms with Crippen LogP contribution in [0, 0.1) is 12.7 Å². The van der Waals surface area contributed by atoms with E-state index in [0.717, 1.165) is 11.1 Å². The Morgan fingerprint density at radius 1 is 1.03 bits per heavy atom. The Balaban J connectivity index is 1.82. The third kappa shape index (κ3) is 5.21. The van der Waals surface area contributed by atoms with Crippen LogP contribution in [0.2, 0.25) is 5.02 Å². The fourth-order valence-electron chi connectivity index (χ4n) is 4.10. The molecule has 0 saturated heterocycles. The minimum absolute atomic E-state index is 0.130. The van der Waals surface area contributed by atoms with E-state index < -0.39 is 17.3 Å². The van der Waals surface area contributed by atoms with Gasteiger partial charge in [0.2, 0.25) is 5.91 Å². The van der Waals surface area contributed by atoms with Crippen LogP contribution in [0.25, 0.3) is 22.1 Å². The smallest absolute Gasteiger partial charge is 0.340 e. The summed E-state index contributed by atoms with van der Waals surface area (Å²) in [6, 6.07) is 14.9. The number of aryl methyl sites for hydroxylation is 1. The van der Waals surface area contributed by atoms with Gasteiger partial charge in [-0.2, -0.15) is 0 Å². The van der Waals surface area contributed by atoms with Gasteiger partial charge in [-0.05, 0) is 50.1 Å². The predicted molar refractivity (Wildman–Crippen MR) is 139 cm³/mol. The van der Waals surface area contributed by atoms with E-state index in [0.29, 0.717) is 21.6 Å². The van der Waals surface area contributed by atoms with Crippen LogP contribution in [0.5, 0.6) is 11.5 Å². The van der Waals surface area contributed by atoms with Crippen LogP contribution >= 0.6 is 11.6 Å². The minimum Gasteiger partial charge on any atom is -0.491 e. The first-order chi connectivity index (χ1) is 17.3. The number of nitrogens with one attached hydrogen (secondary N) is 1. The van der Waals surface area contributed by atoms with Gasteiger partial charge in [-0.15, -0.1) is 0 Å². The van der Waals surface area contributed by atoms with Gasteiger partial charge in [0.1, 0.15) is 28.6 Å². The van der Waals surface area contributed by atoms with Crippen molar-refractivity contribution < 1.29 is 23.1 Å². The molecule has 1 aromatic heterocycles. The van der Waals surface area contributed by atoms with Crippen molar-refractivity contribution in [2.75, 3.05) is 18.5 Å². The molecule has 0 atom stereocenters. The van der Waals surface area contributed by atoms with Crippen LogP contribution < -0.4 is 20.4 Å². The van der Waals surface area contributed by atoms with E-state index in [9.17, 15) is 14.0 Å². The summed E-state index contributed by atoms with van der Waals surface area (Å²) in [6.07, 6.45) is -0.303. The van der Waals surface area contributed by atoms with Crippen LogP contribution in [0.15, 0.2) is 63.8 Å². The van der Waals surface area contributed by atoms with Crippen molar-refractivity contribution in [2.24, 2.45) is 0 Å². The van der Waals surface area contributed by atoms with E-state index in [-0.39, 0.29) is 42.4 Å². The van der Waals surface area contributed by atoms with E-state index in [1.807, 2.05) is 31.2 Å². The number of hydrogen-bond donors (Lipinski definition) is 1. The van der Waals surface area contributed by atoms with Gasteiger partial charge in [-0.3, -0.25) is 4.79 Å². The number of carbonyl (C=O) groups is 1. The van der Waals surface area contributed by atoms with Gasteiger partial charge in [0.15, 0.2) is 0 Å². The van der Waals surface area contributed by atoms with Crippen LogP contribution in [0.3, 0.4) is 0 Å². The van der Waals surface area contributed by atoms with Gasteiger partial charge in [0, 0.05) is 28.1 Å². The number of carbonyl (C=O) groups excluding carboxylic acids is 1. The second-order valence-corrected chi connectivity index (χ2v) is 8.50. The van der Waals surface area contributed by atoms with E-state index in [1.54, 1.807) is 32.0 Å². The molecule has 3 aromatic carbocycles. The zero-order valence-electron chi connectivity index (χ0n) is 20.1. The summed E-state index contributed by atoms with van der Waals surface area (Å²) in [5.41, 5.74) is 2.38. The first-order valence-electron chi connectivity index (χ1n) is 11.5. The molecule has 0 aliphatic heterocycles. The number of fused-ring (bicyclic) bond motifs is 1. The summed E-state index contributed by atoms with van der Waals surface area (Å²) >= 11 is 6.27. The zero-order chi connectivity index (χ0) is 25.8. The molecule has 186 valence electrons. The second kappa shape index (κ2) is 10.8. The second-order valence-electron chi connectivity index (χ2n) is 8.07. The van der Waals surface area contributed by atoms with Crippen molar-refractivity contribution in [3.05, 3.63) is 87.0 Å². The fourth-order valence-corrected chi connectivity index (χ4v) is 4.27. The Hall–Kier alpha value is -3.84. The molecule has 0 fully saturated rings. The number of benzene rings is 3. The molecule has 0 spiro atoms. The number of hydrogen-bond acceptors (Lipinski definition) is 5. The number of rotatable bonds is 8. The maximum atomic E-state index is 14.1. The molecule has 0 aliphatic carbocycles. The molecule has 1 amide bonds. The molecule has 8 heteroatoms. The van der Waals surface area contributed by atoms with Crippen molar-refractivity contribution in [2.45, 2.75) is 27.2 Å². The van der Waals surface area contributed by atoms with Crippen LogP contribution in [-0.4, -0.2) is 19.1 Å². The summed E-state index contributed by atoms with van der Waals surface area (Å²) in [5, 5.41) is 3.83. The normalized spacial score (nSPS) is 10.9. The number of anilines is 1. The maximum absolute atomic E-state index is 14.1. The van der Waals surface area contributed by atoms with E-state index >= 15 is 0 Å². The Morgan fingerprint density at radius 3 is 2.33 bits per heavy atom. The highest BCUT2D eigenvalue weighted by molar-refractivity contribution is 6.31. The molecule has 1 N–H and O–H groups in total. The summed E-state index contributed by atoms with van der Waals surface area (Å²) in [6.45, 7) is 5.92. The zero-order valence-corrected chi connectivity index (χ0v) is 20.9. The average Bonchev–Trinajstić information content (AvgIpc) is 2.83. The standard InChI is InChI=1S/C28H25ClFNO5/c1-4-34-23-13-18(30)14-24(35-5-2)27(23)31-25(32)15-21-26(19-9-7-6-8-16(19)3)20-12-17(29)10-11-22(20)36-28(21)33/h6-14H,4-5,15H2,1-3H3,(H,31,32). The quantitative estimate of drug-likeness (QED) is 0.273. The Morgan fingerprint density at radius 2 is 1.69 bits per heavy atom. The van der Waals surface area contributed by atoms with Gasteiger partial charge >= 0.3 is 5.63 Å². The van der Waals surface area contributed by atoms with Crippen molar-refractivity contribution in [3.63, 3.8) is 0 Å². The van der Waals surface area contributed by atoms with Gasteiger partial charge in [0.25, 0.3) is 0 Å². The molecule has 0 saturated carbocycles. The molecule has 0 aliphatic rings. The largest absolute Gasteiger partial charge is 0.491 e. The highest BCUT2D eigenvalue weighted by Crippen LogP contribution is 2.37. The highest BCUT2D eigenvalue weighted by atomic mass is 35.5. The molecule has 4 rings (SSSR count). The molecule has 0 radical (unpaired) electrons. The average molecular weight is 510 g/mol. The summed E-state index contributed by atoms with van der Waals surface area (Å²) in [4.78, 5) is 26.4. The van der Waals surface area contributed by atoms with E-state index in [1.165, 1.54) is 12.1 Å². The van der Waals surface area contributed by atoms with E-state index in [4.69, 9.17) is 25.5 Å². The lowest BCUT2D eigenvalue weighted by Crippen LogP contribution is -2.21. The van der Waals surface area contributed by atoms with Crippen LogP contribution in [0.4, 0.5) is 10.1 Å². The molecular formula is C28H25ClFNO5. The summed E-state index contributed by atoms with van der Waals surface area (Å²) in [5.74, 6) is -0.822. The lowest BCUT2D eigenvalue weighted by Gasteiger charge is -2.17. The Labute approximate surface area is 212 Å². The van der Waals surface area contributed by atoms with Crippen molar-refractivity contribution in [1.82, 2.24) is 0 Å². The van der Waals surface area contributed by atoms with Gasteiger partial charge in [-0.25, -0.2) is 9.18 Å². The van der Waals surface area contributed by atoms with Crippen LogP contribution in [-0.2, 0) is 11.2 Å². The Kier molecular flexibility index (Phi) is 7.60. The molecule has 4 aromatic rings. The van der Waals surface area contributed by atoms with Gasteiger partial charge < -0.3 is 19.2 Å². The topological polar surface area (TPSA) is 77.8 Å². The predicted octanol–water partition coefficient (Wildman–Crippen LogP) is 6.54. The molecule has 6 nitrogen and oxygen atoms in total. The summed E-state index contributed by atoms with van der Waals surface area (Å²) in [7, 11) is 0. The summed E-state index contributed by atoms with van der Waals surface area (Å²) < 4.78 is 30.7. The fraction of sp³-hybridized carbons (Fsp3) is 0.214. The van der Waals surface area contributed by atoms with Crippen molar-refractivity contribution in [3.8, 4) is 22.6 Å². The molecule has 1 heterocycles. The molecule has 0 unspecified atom stereocenters. The number of ether oxygens (including phenoxy) is 2. The first-order valence-corrected chi connectivity index (χ1v) is 11.9. The van der Waals surface area contributed by atoms with Gasteiger partial charge in [-0.1, -0.05) is 35.9 Å². The monoisotopic (exact) mass is 509 g/mol. The molecule has 0 bridgehead atoms. The van der Waals surface area contributed by atoms with E-state index in [2.05, 4.69) is 5.32 Å². The van der Waals surface area contributed by atoms with Gasteiger partial charge in [0.05, 0.1) is 25.2 Å². The first kappa shape index (κ1) is 25.3. The molecular weight excluding hydrogens is 485 g/mol. The SMILES string of the molecule is CCOc1cc(F)cc(OCC)c1NC(=O)Cc1c(-c2ccccc2C)c2cc(Cl)ccc2oc1=O. The highest BCUT2D eigenvalue weighted by Gasteiger charge is 2.22. The number of halogens is 2. The van der Waals surface area contributed by atoms with Crippen LogP contribution in [0.1, 0.15) is 25.0 Å². The maximum Gasteiger partial charge on any atom is 0.340 e. The lowest BCUT2D eigenvalue weighted by atomic mass is 9.92. The third-order valence-corrected chi connectivity index (χ3v) is 5.84. The lowest BCUT2D eigenvalue weighted by molar-refractivity contribution is -0.115.